The Morgan fingerprint density at radius 1 is 1.43 bits per heavy atom. The molecule has 3 heteroatoms. The fourth-order valence-electron chi connectivity index (χ4n) is 2.02. The Balaban J connectivity index is 2.34. The SMILES string of the molecule is CC(CC(N)=O)NC(C(C)C)C1CC1. The number of carbonyl (C=O) groups is 1. The molecule has 2 atom stereocenters. The van der Waals surface area contributed by atoms with Crippen LogP contribution in [0.2, 0.25) is 0 Å². The third kappa shape index (κ3) is 3.66. The van der Waals surface area contributed by atoms with Gasteiger partial charge >= 0.3 is 0 Å². The number of nitrogens with two attached hydrogens (primary N) is 1. The minimum atomic E-state index is -0.219. The summed E-state index contributed by atoms with van der Waals surface area (Å²) in [7, 11) is 0. The molecule has 82 valence electrons. The van der Waals surface area contributed by atoms with E-state index in [2.05, 4.69) is 19.2 Å². The van der Waals surface area contributed by atoms with E-state index in [1.165, 1.54) is 12.8 Å². The van der Waals surface area contributed by atoms with Crippen molar-refractivity contribution < 1.29 is 4.79 Å². The van der Waals surface area contributed by atoms with Crippen LogP contribution in [0.5, 0.6) is 0 Å². The summed E-state index contributed by atoms with van der Waals surface area (Å²) in [5.74, 6) is 1.24. The molecule has 0 aromatic carbocycles. The van der Waals surface area contributed by atoms with Crippen LogP contribution in [-0.4, -0.2) is 18.0 Å². The van der Waals surface area contributed by atoms with E-state index in [1.807, 2.05) is 6.92 Å². The summed E-state index contributed by atoms with van der Waals surface area (Å²) in [5, 5.41) is 3.51. The van der Waals surface area contributed by atoms with Gasteiger partial charge in [0.25, 0.3) is 0 Å². The van der Waals surface area contributed by atoms with E-state index in [1.54, 1.807) is 0 Å². The van der Waals surface area contributed by atoms with E-state index in [-0.39, 0.29) is 11.9 Å². The molecule has 0 radical (unpaired) electrons. The summed E-state index contributed by atoms with van der Waals surface area (Å²) in [6, 6.07) is 0.768. The van der Waals surface area contributed by atoms with Gasteiger partial charge in [-0.3, -0.25) is 4.79 Å². The molecule has 1 aliphatic carbocycles. The van der Waals surface area contributed by atoms with Gasteiger partial charge in [0.15, 0.2) is 0 Å². The third-order valence-corrected chi connectivity index (χ3v) is 2.83. The van der Waals surface area contributed by atoms with Gasteiger partial charge in [-0.1, -0.05) is 13.8 Å². The quantitative estimate of drug-likeness (QED) is 0.675. The van der Waals surface area contributed by atoms with Crippen LogP contribution < -0.4 is 11.1 Å². The topological polar surface area (TPSA) is 55.1 Å². The Morgan fingerprint density at radius 3 is 2.36 bits per heavy atom. The van der Waals surface area contributed by atoms with Crippen LogP contribution >= 0.6 is 0 Å². The second kappa shape index (κ2) is 4.78. The van der Waals surface area contributed by atoms with Crippen molar-refractivity contribution in [1.82, 2.24) is 5.32 Å². The first-order valence-electron chi connectivity index (χ1n) is 5.55. The highest BCUT2D eigenvalue weighted by molar-refractivity contribution is 5.74. The molecule has 0 heterocycles. The maximum absolute atomic E-state index is 10.7. The standard InChI is InChI=1S/C11H22N2O/c1-7(2)11(9-4-5-9)13-8(3)6-10(12)14/h7-9,11,13H,4-6H2,1-3H3,(H2,12,14). The lowest BCUT2D eigenvalue weighted by Gasteiger charge is -2.25. The summed E-state index contributed by atoms with van der Waals surface area (Å²) in [4.78, 5) is 10.7. The van der Waals surface area contributed by atoms with Gasteiger partial charge in [0.05, 0.1) is 0 Å². The molecule has 1 saturated carbocycles. The molecule has 14 heavy (non-hydrogen) atoms. The number of hydrogen-bond donors (Lipinski definition) is 2. The van der Waals surface area contributed by atoms with E-state index in [0.29, 0.717) is 18.4 Å². The van der Waals surface area contributed by atoms with Gasteiger partial charge in [0, 0.05) is 18.5 Å². The summed E-state index contributed by atoms with van der Waals surface area (Å²) in [6.07, 6.45) is 3.11. The minimum absolute atomic E-state index is 0.209. The molecule has 3 N–H and O–H groups in total. The van der Waals surface area contributed by atoms with E-state index < -0.39 is 0 Å². The predicted molar refractivity (Wildman–Crippen MR) is 57.8 cm³/mol. The van der Waals surface area contributed by atoms with Crippen LogP contribution in [0.15, 0.2) is 0 Å². The molecule has 0 aromatic heterocycles. The molecule has 1 aliphatic rings. The first-order chi connectivity index (χ1) is 6.50. The lowest BCUT2D eigenvalue weighted by Crippen LogP contribution is -2.43. The van der Waals surface area contributed by atoms with Crippen molar-refractivity contribution >= 4 is 5.91 Å². The summed E-state index contributed by atoms with van der Waals surface area (Å²) >= 11 is 0. The highest BCUT2D eigenvalue weighted by Gasteiger charge is 2.33. The van der Waals surface area contributed by atoms with Crippen LogP contribution in [0, 0.1) is 11.8 Å². The predicted octanol–water partition coefficient (Wildman–Crippen LogP) is 1.27. The third-order valence-electron chi connectivity index (χ3n) is 2.83. The zero-order valence-corrected chi connectivity index (χ0v) is 9.42. The Morgan fingerprint density at radius 2 is 2.00 bits per heavy atom. The molecule has 0 aromatic rings. The average Bonchev–Trinajstić information content (AvgIpc) is 2.80. The first-order valence-corrected chi connectivity index (χ1v) is 5.55. The smallest absolute Gasteiger partial charge is 0.218 e. The second-order valence-corrected chi connectivity index (χ2v) is 4.85. The highest BCUT2D eigenvalue weighted by Crippen LogP contribution is 2.35. The average molecular weight is 198 g/mol. The summed E-state index contributed by atoms with van der Waals surface area (Å²) in [5.41, 5.74) is 5.16. The van der Waals surface area contributed by atoms with E-state index in [9.17, 15) is 4.79 Å². The molecular formula is C11H22N2O. The zero-order valence-electron chi connectivity index (χ0n) is 9.42. The Bertz CT molecular complexity index is 197. The van der Waals surface area contributed by atoms with Crippen LogP contribution in [0.3, 0.4) is 0 Å². The fourth-order valence-corrected chi connectivity index (χ4v) is 2.02. The number of hydrogen-bond acceptors (Lipinski definition) is 2. The number of primary amides is 1. The number of nitrogens with one attached hydrogen (secondary N) is 1. The largest absolute Gasteiger partial charge is 0.370 e. The van der Waals surface area contributed by atoms with Crippen LogP contribution in [0.25, 0.3) is 0 Å². The lowest BCUT2D eigenvalue weighted by atomic mass is 9.98. The van der Waals surface area contributed by atoms with Crippen molar-refractivity contribution in [2.45, 2.75) is 52.1 Å². The maximum Gasteiger partial charge on any atom is 0.218 e. The van der Waals surface area contributed by atoms with Crippen LogP contribution in [0.4, 0.5) is 0 Å². The zero-order chi connectivity index (χ0) is 10.7. The van der Waals surface area contributed by atoms with Crippen LogP contribution in [-0.2, 0) is 4.79 Å². The van der Waals surface area contributed by atoms with Gasteiger partial charge in [-0.05, 0) is 31.6 Å². The second-order valence-electron chi connectivity index (χ2n) is 4.85. The first kappa shape index (κ1) is 11.5. The van der Waals surface area contributed by atoms with Gasteiger partial charge < -0.3 is 11.1 Å². The van der Waals surface area contributed by atoms with Gasteiger partial charge in [-0.2, -0.15) is 0 Å². The minimum Gasteiger partial charge on any atom is -0.370 e. The van der Waals surface area contributed by atoms with Crippen molar-refractivity contribution in [3.05, 3.63) is 0 Å². The molecule has 1 rings (SSSR count). The molecule has 0 aliphatic heterocycles. The molecule has 1 fully saturated rings. The van der Waals surface area contributed by atoms with Gasteiger partial charge in [-0.15, -0.1) is 0 Å². The van der Waals surface area contributed by atoms with E-state index in [4.69, 9.17) is 5.73 Å². The van der Waals surface area contributed by atoms with Crippen molar-refractivity contribution in [2.75, 3.05) is 0 Å². The Labute approximate surface area is 86.4 Å². The Kier molecular flexibility index (Phi) is 3.93. The Hall–Kier alpha value is -0.570. The number of rotatable bonds is 6. The normalized spacial score (nSPS) is 20.9. The van der Waals surface area contributed by atoms with Gasteiger partial charge in [0.2, 0.25) is 5.91 Å². The molecule has 0 spiro atoms. The molecular weight excluding hydrogens is 176 g/mol. The molecule has 3 nitrogen and oxygen atoms in total. The molecule has 0 bridgehead atoms. The van der Waals surface area contributed by atoms with Crippen molar-refractivity contribution in [2.24, 2.45) is 17.6 Å². The number of amides is 1. The highest BCUT2D eigenvalue weighted by atomic mass is 16.1. The van der Waals surface area contributed by atoms with Crippen molar-refractivity contribution in [1.29, 1.82) is 0 Å². The summed E-state index contributed by atoms with van der Waals surface area (Å²) in [6.45, 7) is 6.49. The molecule has 1 amide bonds. The van der Waals surface area contributed by atoms with Crippen molar-refractivity contribution in [3.8, 4) is 0 Å². The molecule has 0 saturated heterocycles. The van der Waals surface area contributed by atoms with Crippen LogP contribution in [0.1, 0.15) is 40.0 Å². The molecule has 2 unspecified atom stereocenters. The van der Waals surface area contributed by atoms with E-state index in [0.717, 1.165) is 5.92 Å². The van der Waals surface area contributed by atoms with E-state index >= 15 is 0 Å². The lowest BCUT2D eigenvalue weighted by molar-refractivity contribution is -0.118. The number of carbonyl (C=O) groups excluding carboxylic acids is 1. The fraction of sp³-hybridized carbons (Fsp3) is 0.909. The van der Waals surface area contributed by atoms with Crippen molar-refractivity contribution in [3.63, 3.8) is 0 Å². The van der Waals surface area contributed by atoms with Gasteiger partial charge in [0.1, 0.15) is 0 Å². The van der Waals surface area contributed by atoms with Gasteiger partial charge in [-0.25, -0.2) is 0 Å². The monoisotopic (exact) mass is 198 g/mol. The maximum atomic E-state index is 10.7. The summed E-state index contributed by atoms with van der Waals surface area (Å²) < 4.78 is 0.